The molecule has 1 fully saturated rings. The summed E-state index contributed by atoms with van der Waals surface area (Å²) in [5.41, 5.74) is 0.279. The Hall–Kier alpha value is -1.18. The molecule has 1 atom stereocenters. The van der Waals surface area contributed by atoms with Crippen LogP contribution < -0.4 is 4.74 Å². The molecule has 1 aromatic rings. The van der Waals surface area contributed by atoms with Gasteiger partial charge in [0.15, 0.2) is 6.29 Å². The molecule has 21 heavy (non-hydrogen) atoms. The summed E-state index contributed by atoms with van der Waals surface area (Å²) < 4.78 is 21.9. The highest BCUT2D eigenvalue weighted by atomic mass is 79.9. The molecule has 2 heterocycles. The standard InChI is InChI=1S/C14H18BrNO5/c1-18-14(17)11-8-10(15)9-16-13(11)21-7-6-20-12-4-2-3-5-19-12/h8-9,12H,2-7H2,1H3. The Morgan fingerprint density at radius 3 is 3.05 bits per heavy atom. The number of carbonyl (C=O) groups is 1. The number of esters is 1. The number of pyridine rings is 1. The van der Waals surface area contributed by atoms with Gasteiger partial charge < -0.3 is 18.9 Å². The Morgan fingerprint density at radius 1 is 1.48 bits per heavy atom. The van der Waals surface area contributed by atoms with Gasteiger partial charge in [-0.15, -0.1) is 0 Å². The zero-order valence-corrected chi connectivity index (χ0v) is 13.4. The highest BCUT2D eigenvalue weighted by Crippen LogP contribution is 2.21. The van der Waals surface area contributed by atoms with Crippen LogP contribution in [0, 0.1) is 0 Å². The highest BCUT2D eigenvalue weighted by molar-refractivity contribution is 9.10. The summed E-state index contributed by atoms with van der Waals surface area (Å²) in [4.78, 5) is 15.7. The molecule has 1 aliphatic rings. The largest absolute Gasteiger partial charge is 0.475 e. The number of nitrogens with zero attached hydrogens (tertiary/aromatic N) is 1. The molecular weight excluding hydrogens is 342 g/mol. The molecular formula is C14H18BrNO5. The van der Waals surface area contributed by atoms with Gasteiger partial charge in [0.1, 0.15) is 12.2 Å². The molecule has 2 rings (SSSR count). The van der Waals surface area contributed by atoms with Gasteiger partial charge in [-0.05, 0) is 41.3 Å². The molecule has 0 bridgehead atoms. The maximum atomic E-state index is 11.7. The smallest absolute Gasteiger partial charge is 0.343 e. The summed E-state index contributed by atoms with van der Waals surface area (Å²) >= 11 is 3.26. The van der Waals surface area contributed by atoms with E-state index in [1.54, 1.807) is 12.3 Å². The van der Waals surface area contributed by atoms with Crippen molar-refractivity contribution in [1.29, 1.82) is 0 Å². The average molecular weight is 360 g/mol. The third-order valence-electron chi connectivity index (χ3n) is 2.99. The van der Waals surface area contributed by atoms with Crippen LogP contribution in [0.1, 0.15) is 29.6 Å². The van der Waals surface area contributed by atoms with Gasteiger partial charge in [-0.1, -0.05) is 0 Å². The van der Waals surface area contributed by atoms with E-state index in [-0.39, 0.29) is 17.7 Å². The van der Waals surface area contributed by atoms with Crippen molar-refractivity contribution in [2.75, 3.05) is 26.9 Å². The molecule has 6 nitrogen and oxygen atoms in total. The van der Waals surface area contributed by atoms with Crippen molar-refractivity contribution < 1.29 is 23.7 Å². The maximum absolute atomic E-state index is 11.7. The first kappa shape index (κ1) is 16.2. The average Bonchev–Trinajstić information content (AvgIpc) is 2.53. The van der Waals surface area contributed by atoms with Gasteiger partial charge in [0.25, 0.3) is 0 Å². The molecule has 1 saturated heterocycles. The third kappa shape index (κ3) is 4.94. The van der Waals surface area contributed by atoms with Crippen molar-refractivity contribution in [2.45, 2.75) is 25.6 Å². The second kappa shape index (κ2) is 8.31. The van der Waals surface area contributed by atoms with E-state index in [9.17, 15) is 4.79 Å². The topological polar surface area (TPSA) is 66.9 Å². The summed E-state index contributed by atoms with van der Waals surface area (Å²) in [6, 6.07) is 1.61. The lowest BCUT2D eigenvalue weighted by molar-refractivity contribution is -0.165. The van der Waals surface area contributed by atoms with Crippen molar-refractivity contribution >= 4 is 21.9 Å². The van der Waals surface area contributed by atoms with E-state index in [1.807, 2.05) is 0 Å². The lowest BCUT2D eigenvalue weighted by Gasteiger charge is -2.22. The quantitative estimate of drug-likeness (QED) is 0.574. The zero-order chi connectivity index (χ0) is 15.1. The highest BCUT2D eigenvalue weighted by Gasteiger charge is 2.16. The molecule has 116 valence electrons. The van der Waals surface area contributed by atoms with Crippen LogP contribution in [0.3, 0.4) is 0 Å². The van der Waals surface area contributed by atoms with Crippen molar-refractivity contribution in [1.82, 2.24) is 4.98 Å². The van der Waals surface area contributed by atoms with Crippen molar-refractivity contribution in [2.24, 2.45) is 0 Å². The normalized spacial score (nSPS) is 18.3. The molecule has 1 unspecified atom stereocenters. The van der Waals surface area contributed by atoms with Gasteiger partial charge in [0.2, 0.25) is 5.88 Å². The van der Waals surface area contributed by atoms with Crippen molar-refractivity contribution in [3.8, 4) is 5.88 Å². The van der Waals surface area contributed by atoms with Crippen LogP contribution in [0.4, 0.5) is 0 Å². The SMILES string of the molecule is COC(=O)c1cc(Br)cnc1OCCOC1CCCCO1. The van der Waals surface area contributed by atoms with Crippen LogP contribution in [0.5, 0.6) is 5.88 Å². The number of aromatic nitrogens is 1. The summed E-state index contributed by atoms with van der Waals surface area (Å²) in [6.07, 6.45) is 4.52. The van der Waals surface area contributed by atoms with Crippen LogP contribution in [0.15, 0.2) is 16.7 Å². The van der Waals surface area contributed by atoms with E-state index >= 15 is 0 Å². The van der Waals surface area contributed by atoms with Crippen LogP contribution in [-0.4, -0.2) is 44.2 Å². The first-order chi connectivity index (χ1) is 10.2. The third-order valence-corrected chi connectivity index (χ3v) is 3.42. The number of halogens is 1. The van der Waals surface area contributed by atoms with Crippen LogP contribution in [0.2, 0.25) is 0 Å². The van der Waals surface area contributed by atoms with E-state index < -0.39 is 5.97 Å². The van der Waals surface area contributed by atoms with Gasteiger partial charge >= 0.3 is 5.97 Å². The molecule has 0 saturated carbocycles. The Labute approximate surface area is 131 Å². The summed E-state index contributed by atoms with van der Waals surface area (Å²) in [6.45, 7) is 1.41. The fourth-order valence-corrected chi connectivity index (χ4v) is 2.29. The predicted molar refractivity (Wildman–Crippen MR) is 78.3 cm³/mol. The fourth-order valence-electron chi connectivity index (χ4n) is 1.96. The van der Waals surface area contributed by atoms with Crippen molar-refractivity contribution in [3.63, 3.8) is 0 Å². The fraction of sp³-hybridized carbons (Fsp3) is 0.571. The van der Waals surface area contributed by atoms with Gasteiger partial charge in [0, 0.05) is 17.3 Å². The molecule has 0 radical (unpaired) electrons. The summed E-state index contributed by atoms with van der Waals surface area (Å²) in [5.74, 6) is -0.256. The number of rotatable bonds is 6. The minimum Gasteiger partial charge on any atom is -0.475 e. The van der Waals surface area contributed by atoms with Gasteiger partial charge in [-0.25, -0.2) is 9.78 Å². The molecule has 1 aliphatic heterocycles. The molecule has 0 spiro atoms. The molecule has 7 heteroatoms. The number of methoxy groups -OCH3 is 1. The first-order valence-corrected chi connectivity index (χ1v) is 7.60. The predicted octanol–water partition coefficient (Wildman–Crippen LogP) is 2.55. The Balaban J connectivity index is 1.83. The van der Waals surface area contributed by atoms with Crippen molar-refractivity contribution in [3.05, 3.63) is 22.3 Å². The molecule has 0 aromatic carbocycles. The first-order valence-electron chi connectivity index (χ1n) is 6.80. The van der Waals surface area contributed by atoms with Crippen LogP contribution in [0.25, 0.3) is 0 Å². The molecule has 0 amide bonds. The second-order valence-electron chi connectivity index (χ2n) is 4.51. The van der Waals surface area contributed by atoms with E-state index in [2.05, 4.69) is 20.9 Å². The Morgan fingerprint density at radius 2 is 2.33 bits per heavy atom. The Kier molecular flexibility index (Phi) is 6.41. The summed E-state index contributed by atoms with van der Waals surface area (Å²) in [7, 11) is 1.32. The van der Waals surface area contributed by atoms with Gasteiger partial charge in [-0.2, -0.15) is 0 Å². The molecule has 0 N–H and O–H groups in total. The van der Waals surface area contributed by atoms with Gasteiger partial charge in [-0.3, -0.25) is 0 Å². The van der Waals surface area contributed by atoms with Gasteiger partial charge in [0.05, 0.1) is 13.7 Å². The minimum absolute atomic E-state index is 0.152. The number of carbonyl (C=O) groups excluding carboxylic acids is 1. The van der Waals surface area contributed by atoms with E-state index in [0.717, 1.165) is 25.9 Å². The van der Waals surface area contributed by atoms with E-state index in [1.165, 1.54) is 7.11 Å². The monoisotopic (exact) mass is 359 g/mol. The zero-order valence-electron chi connectivity index (χ0n) is 11.8. The van der Waals surface area contributed by atoms with E-state index in [4.69, 9.17) is 18.9 Å². The number of hydrogen-bond acceptors (Lipinski definition) is 6. The maximum Gasteiger partial charge on any atom is 0.343 e. The molecule has 1 aromatic heterocycles. The Bertz CT molecular complexity index is 476. The number of ether oxygens (including phenoxy) is 4. The lowest BCUT2D eigenvalue weighted by atomic mass is 10.2. The summed E-state index contributed by atoms with van der Waals surface area (Å²) in [5, 5.41) is 0. The minimum atomic E-state index is -0.490. The van der Waals surface area contributed by atoms with E-state index in [0.29, 0.717) is 17.7 Å². The lowest BCUT2D eigenvalue weighted by Crippen LogP contribution is -2.24. The van der Waals surface area contributed by atoms with Crippen LogP contribution >= 0.6 is 15.9 Å². The molecule has 0 aliphatic carbocycles. The second-order valence-corrected chi connectivity index (χ2v) is 5.43. The number of hydrogen-bond donors (Lipinski definition) is 0. The van der Waals surface area contributed by atoms with Crippen LogP contribution in [-0.2, 0) is 14.2 Å².